The molecule has 0 radical (unpaired) electrons. The maximum atomic E-state index is 14.0. The van der Waals surface area contributed by atoms with E-state index in [2.05, 4.69) is 34.9 Å². The third-order valence-corrected chi connectivity index (χ3v) is 4.68. The molecule has 0 bridgehead atoms. The SMILES string of the molecule is COc1c(F)cc(Cl)cc1CNC1CCCNC1c1ccccc1. The molecule has 0 saturated carbocycles. The summed E-state index contributed by atoms with van der Waals surface area (Å²) in [7, 11) is 1.48. The lowest BCUT2D eigenvalue weighted by Crippen LogP contribution is -2.45. The molecule has 5 heteroatoms. The number of hydrogen-bond donors (Lipinski definition) is 2. The lowest BCUT2D eigenvalue weighted by molar-refractivity contribution is 0.302. The Morgan fingerprint density at radius 1 is 1.29 bits per heavy atom. The van der Waals surface area contributed by atoms with E-state index in [9.17, 15) is 4.39 Å². The van der Waals surface area contributed by atoms with Gasteiger partial charge in [0.2, 0.25) is 0 Å². The maximum absolute atomic E-state index is 14.0. The Labute approximate surface area is 147 Å². The van der Waals surface area contributed by atoms with Gasteiger partial charge in [-0.1, -0.05) is 41.9 Å². The van der Waals surface area contributed by atoms with Crippen LogP contribution in [0, 0.1) is 5.82 Å². The molecule has 3 nitrogen and oxygen atoms in total. The second kappa shape index (κ2) is 7.97. The predicted molar refractivity (Wildman–Crippen MR) is 95.0 cm³/mol. The minimum absolute atomic E-state index is 0.245. The molecule has 2 aromatic rings. The molecule has 2 N–H and O–H groups in total. The quantitative estimate of drug-likeness (QED) is 0.854. The molecule has 0 amide bonds. The Bertz CT molecular complexity index is 681. The second-order valence-electron chi connectivity index (χ2n) is 6.05. The van der Waals surface area contributed by atoms with Crippen LogP contribution < -0.4 is 15.4 Å². The van der Waals surface area contributed by atoms with Crippen molar-refractivity contribution in [2.45, 2.75) is 31.5 Å². The average molecular weight is 349 g/mol. The highest BCUT2D eigenvalue weighted by Crippen LogP contribution is 2.28. The fourth-order valence-electron chi connectivity index (χ4n) is 3.33. The van der Waals surface area contributed by atoms with Crippen LogP contribution in [0.2, 0.25) is 5.02 Å². The van der Waals surface area contributed by atoms with Gasteiger partial charge < -0.3 is 15.4 Å². The molecule has 1 aliphatic rings. The maximum Gasteiger partial charge on any atom is 0.166 e. The molecule has 2 aromatic carbocycles. The topological polar surface area (TPSA) is 33.3 Å². The van der Waals surface area contributed by atoms with Gasteiger partial charge in [-0.25, -0.2) is 4.39 Å². The number of halogens is 2. The van der Waals surface area contributed by atoms with Crippen LogP contribution >= 0.6 is 11.6 Å². The molecule has 3 rings (SSSR count). The lowest BCUT2D eigenvalue weighted by atomic mass is 9.92. The predicted octanol–water partition coefficient (Wildman–Crippen LogP) is 4.07. The van der Waals surface area contributed by atoms with Crippen LogP contribution in [0.4, 0.5) is 4.39 Å². The van der Waals surface area contributed by atoms with Crippen molar-refractivity contribution in [3.05, 3.63) is 64.4 Å². The van der Waals surface area contributed by atoms with Crippen molar-refractivity contribution in [1.82, 2.24) is 10.6 Å². The minimum Gasteiger partial charge on any atom is -0.493 e. The number of hydrogen-bond acceptors (Lipinski definition) is 3. The van der Waals surface area contributed by atoms with Gasteiger partial charge in [-0.3, -0.25) is 0 Å². The van der Waals surface area contributed by atoms with Crippen LogP contribution in [-0.4, -0.2) is 19.7 Å². The number of nitrogens with one attached hydrogen (secondary N) is 2. The summed E-state index contributed by atoms with van der Waals surface area (Å²) in [6.07, 6.45) is 2.18. The van der Waals surface area contributed by atoms with Gasteiger partial charge in [0.1, 0.15) is 0 Å². The fourth-order valence-corrected chi connectivity index (χ4v) is 3.56. The monoisotopic (exact) mass is 348 g/mol. The number of methoxy groups -OCH3 is 1. The standard InChI is InChI=1S/C19H22ClFN2O/c1-24-19-14(10-15(20)11-16(19)21)12-23-17-8-5-9-22-18(17)13-6-3-2-4-7-13/h2-4,6-7,10-11,17-18,22-23H,5,8-9,12H2,1H3. The highest BCUT2D eigenvalue weighted by atomic mass is 35.5. The van der Waals surface area contributed by atoms with E-state index in [1.165, 1.54) is 18.7 Å². The summed E-state index contributed by atoms with van der Waals surface area (Å²) in [5.74, 6) is -0.171. The van der Waals surface area contributed by atoms with Crippen LogP contribution in [0.5, 0.6) is 5.75 Å². The van der Waals surface area contributed by atoms with Crippen LogP contribution in [0.25, 0.3) is 0 Å². The van der Waals surface area contributed by atoms with Gasteiger partial charge >= 0.3 is 0 Å². The summed E-state index contributed by atoms with van der Waals surface area (Å²) >= 11 is 5.99. The second-order valence-corrected chi connectivity index (χ2v) is 6.49. The van der Waals surface area contributed by atoms with E-state index in [-0.39, 0.29) is 17.8 Å². The van der Waals surface area contributed by atoms with E-state index < -0.39 is 5.82 Å². The van der Waals surface area contributed by atoms with Gasteiger partial charge in [0.05, 0.1) is 7.11 Å². The number of rotatable bonds is 5. The molecular weight excluding hydrogens is 327 g/mol. The van der Waals surface area contributed by atoms with Gasteiger partial charge in [0.25, 0.3) is 0 Å². The Morgan fingerprint density at radius 2 is 2.08 bits per heavy atom. The zero-order valence-electron chi connectivity index (χ0n) is 13.7. The van der Waals surface area contributed by atoms with E-state index in [0.29, 0.717) is 11.6 Å². The number of ether oxygens (including phenoxy) is 1. The molecule has 0 aromatic heterocycles. The third kappa shape index (κ3) is 3.89. The third-order valence-electron chi connectivity index (χ3n) is 4.46. The van der Waals surface area contributed by atoms with Gasteiger partial charge in [0, 0.05) is 29.2 Å². The Hall–Kier alpha value is -1.62. The summed E-state index contributed by atoms with van der Waals surface area (Å²) in [6.45, 7) is 1.52. The molecule has 2 unspecified atom stereocenters. The van der Waals surface area contributed by atoms with E-state index >= 15 is 0 Å². The zero-order chi connectivity index (χ0) is 16.9. The first kappa shape index (κ1) is 17.2. The zero-order valence-corrected chi connectivity index (χ0v) is 14.4. The molecule has 1 heterocycles. The Balaban J connectivity index is 1.75. The summed E-state index contributed by atoms with van der Waals surface area (Å²) in [6, 6.07) is 13.9. The smallest absolute Gasteiger partial charge is 0.166 e. The summed E-state index contributed by atoms with van der Waals surface area (Å²) < 4.78 is 19.2. The number of benzene rings is 2. The highest BCUT2D eigenvalue weighted by molar-refractivity contribution is 6.30. The molecule has 128 valence electrons. The summed E-state index contributed by atoms with van der Waals surface area (Å²) in [5, 5.41) is 7.51. The molecule has 1 fully saturated rings. The van der Waals surface area contributed by atoms with E-state index in [1.807, 2.05) is 6.07 Å². The minimum atomic E-state index is -0.428. The van der Waals surface area contributed by atoms with Crippen molar-refractivity contribution >= 4 is 11.6 Å². The first-order valence-corrected chi connectivity index (χ1v) is 8.60. The van der Waals surface area contributed by atoms with Crippen LogP contribution in [-0.2, 0) is 6.54 Å². The molecule has 24 heavy (non-hydrogen) atoms. The van der Waals surface area contributed by atoms with Crippen molar-refractivity contribution < 1.29 is 9.13 Å². The molecule has 1 saturated heterocycles. The molecule has 2 atom stereocenters. The first-order valence-electron chi connectivity index (χ1n) is 8.22. The van der Waals surface area contributed by atoms with Crippen molar-refractivity contribution in [2.24, 2.45) is 0 Å². The normalized spacial score (nSPS) is 20.8. The van der Waals surface area contributed by atoms with Crippen molar-refractivity contribution in [2.75, 3.05) is 13.7 Å². The summed E-state index contributed by atoms with van der Waals surface area (Å²) in [5.41, 5.74) is 2.00. The van der Waals surface area contributed by atoms with Crippen LogP contribution in [0.1, 0.15) is 30.0 Å². The van der Waals surface area contributed by atoms with Crippen molar-refractivity contribution in [3.8, 4) is 5.75 Å². The average Bonchev–Trinajstić information content (AvgIpc) is 2.60. The summed E-state index contributed by atoms with van der Waals surface area (Å²) in [4.78, 5) is 0. The van der Waals surface area contributed by atoms with E-state index in [4.69, 9.17) is 16.3 Å². The fraction of sp³-hybridized carbons (Fsp3) is 0.368. The van der Waals surface area contributed by atoms with Crippen LogP contribution in [0.15, 0.2) is 42.5 Å². The van der Waals surface area contributed by atoms with Crippen LogP contribution in [0.3, 0.4) is 0 Å². The molecule has 1 aliphatic heterocycles. The molecule has 0 spiro atoms. The Kier molecular flexibility index (Phi) is 5.72. The lowest BCUT2D eigenvalue weighted by Gasteiger charge is -2.34. The highest BCUT2D eigenvalue weighted by Gasteiger charge is 2.26. The largest absolute Gasteiger partial charge is 0.493 e. The van der Waals surface area contributed by atoms with Gasteiger partial charge in [0.15, 0.2) is 11.6 Å². The van der Waals surface area contributed by atoms with Crippen molar-refractivity contribution in [3.63, 3.8) is 0 Å². The Morgan fingerprint density at radius 3 is 2.83 bits per heavy atom. The molecular formula is C19H22ClFN2O. The van der Waals surface area contributed by atoms with Gasteiger partial charge in [-0.05, 0) is 37.1 Å². The van der Waals surface area contributed by atoms with Gasteiger partial charge in [-0.15, -0.1) is 0 Å². The van der Waals surface area contributed by atoms with E-state index in [1.54, 1.807) is 6.07 Å². The number of piperidine rings is 1. The molecule has 0 aliphatic carbocycles. The van der Waals surface area contributed by atoms with Gasteiger partial charge in [-0.2, -0.15) is 0 Å². The van der Waals surface area contributed by atoms with E-state index in [0.717, 1.165) is 24.9 Å². The van der Waals surface area contributed by atoms with Crippen molar-refractivity contribution in [1.29, 1.82) is 0 Å². The first-order chi connectivity index (χ1) is 11.7.